The third kappa shape index (κ3) is 11.7. The van der Waals surface area contributed by atoms with Crippen LogP contribution in [0.1, 0.15) is 39.7 Å². The number of hydrogen-bond donors (Lipinski definition) is 1. The minimum Gasteiger partial charge on any atom is -0.507 e. The summed E-state index contributed by atoms with van der Waals surface area (Å²) in [4.78, 5) is 4.37. The number of benzene rings is 3. The van der Waals surface area contributed by atoms with Crippen LogP contribution in [0.3, 0.4) is 0 Å². The molecule has 0 atom stereocenters. The van der Waals surface area contributed by atoms with Gasteiger partial charge in [-0.15, -0.1) is 35.4 Å². The number of pyridine rings is 1. The van der Waals surface area contributed by atoms with Gasteiger partial charge in [0.15, 0.2) is 0 Å². The number of para-hydroxylation sites is 1. The number of phenolic OH excluding ortho intramolecular Hbond substituents is 1. The molecule has 0 saturated heterocycles. The van der Waals surface area contributed by atoms with Gasteiger partial charge < -0.3 is 12.5 Å². The summed E-state index contributed by atoms with van der Waals surface area (Å²) in [5, 5.41) is 9.56. The van der Waals surface area contributed by atoms with Crippen molar-refractivity contribution in [1.82, 2.24) is 4.98 Å². The van der Waals surface area contributed by atoms with Crippen molar-refractivity contribution in [3.8, 4) is 28.1 Å². The van der Waals surface area contributed by atoms with E-state index in [1.165, 1.54) is 5.57 Å². The van der Waals surface area contributed by atoms with E-state index in [2.05, 4.69) is 61.3 Å². The van der Waals surface area contributed by atoms with Crippen LogP contribution in [0.4, 0.5) is 0 Å². The molecule has 1 N–H and O–H groups in total. The van der Waals surface area contributed by atoms with Gasteiger partial charge >= 0.3 is 21.1 Å². The van der Waals surface area contributed by atoms with E-state index in [1.54, 1.807) is 12.3 Å². The molecular weight excluding hydrogens is 645 g/mol. The molecule has 0 radical (unpaired) electrons. The zero-order valence-electron chi connectivity index (χ0n) is 23.0. The summed E-state index contributed by atoms with van der Waals surface area (Å²) in [6, 6.07) is 32.7. The Kier molecular flexibility index (Phi) is 18.7. The van der Waals surface area contributed by atoms with Gasteiger partial charge in [0.05, 0.1) is 0 Å². The number of phenols is 1. The van der Waals surface area contributed by atoms with Crippen molar-refractivity contribution >= 4 is 5.57 Å². The van der Waals surface area contributed by atoms with Crippen molar-refractivity contribution in [3.05, 3.63) is 147 Å². The SMILES string of the molecule is CC.CC/C=C/C=C\C=C(/C)c1[c-]c(-c2ccccn2)ccc1.Oc1ccccc1-c1ccccc1.[CH3-].[Pt+2]. The molecule has 0 aliphatic heterocycles. The Morgan fingerprint density at radius 3 is 2.16 bits per heavy atom. The van der Waals surface area contributed by atoms with Crippen LogP contribution in [0.15, 0.2) is 128 Å². The molecule has 38 heavy (non-hydrogen) atoms. The predicted molar refractivity (Wildman–Crippen MR) is 162 cm³/mol. The number of aromatic hydroxyl groups is 1. The van der Waals surface area contributed by atoms with Crippen molar-refractivity contribution in [3.63, 3.8) is 0 Å². The van der Waals surface area contributed by atoms with E-state index in [0.29, 0.717) is 5.75 Å². The first-order chi connectivity index (χ1) is 17.7. The van der Waals surface area contributed by atoms with Crippen LogP contribution in [0.25, 0.3) is 28.0 Å². The summed E-state index contributed by atoms with van der Waals surface area (Å²) in [7, 11) is 0. The third-order valence-electron chi connectivity index (χ3n) is 5.09. The molecule has 0 bridgehead atoms. The number of allylic oxidation sites excluding steroid dienone is 6. The molecule has 4 aromatic rings. The molecular formula is C35H39NOPt. The topological polar surface area (TPSA) is 33.1 Å². The van der Waals surface area contributed by atoms with Crippen molar-refractivity contribution in [2.45, 2.75) is 34.1 Å². The first-order valence-electron chi connectivity index (χ1n) is 12.5. The molecule has 2 nitrogen and oxygen atoms in total. The van der Waals surface area contributed by atoms with Gasteiger partial charge in [-0.25, -0.2) is 0 Å². The van der Waals surface area contributed by atoms with Crippen LogP contribution in [0.2, 0.25) is 0 Å². The second-order valence-corrected chi connectivity index (χ2v) is 7.65. The van der Waals surface area contributed by atoms with E-state index in [1.807, 2.05) is 92.7 Å². The van der Waals surface area contributed by atoms with Crippen molar-refractivity contribution in [2.24, 2.45) is 0 Å². The summed E-state index contributed by atoms with van der Waals surface area (Å²) < 4.78 is 0. The Balaban J connectivity index is 0.000000696. The van der Waals surface area contributed by atoms with Crippen molar-refractivity contribution < 1.29 is 26.2 Å². The van der Waals surface area contributed by atoms with Gasteiger partial charge in [-0.05, 0) is 24.1 Å². The Hall–Kier alpha value is -3.48. The fourth-order valence-corrected chi connectivity index (χ4v) is 3.27. The van der Waals surface area contributed by atoms with Crippen LogP contribution < -0.4 is 0 Å². The van der Waals surface area contributed by atoms with E-state index < -0.39 is 0 Å². The van der Waals surface area contributed by atoms with Gasteiger partial charge in [0.1, 0.15) is 5.75 Å². The summed E-state index contributed by atoms with van der Waals surface area (Å²) in [5.41, 5.74) is 6.18. The minimum absolute atomic E-state index is 0. The van der Waals surface area contributed by atoms with Crippen molar-refractivity contribution in [1.29, 1.82) is 0 Å². The maximum atomic E-state index is 9.56. The molecule has 0 aliphatic rings. The quantitative estimate of drug-likeness (QED) is 0.162. The number of hydrogen-bond acceptors (Lipinski definition) is 2. The van der Waals surface area contributed by atoms with Gasteiger partial charge in [-0.2, -0.15) is 0 Å². The molecule has 0 unspecified atom stereocenters. The first kappa shape index (κ1) is 34.5. The van der Waals surface area contributed by atoms with Crippen LogP contribution in [0.5, 0.6) is 5.75 Å². The van der Waals surface area contributed by atoms with E-state index in [0.717, 1.165) is 34.4 Å². The van der Waals surface area contributed by atoms with Crippen LogP contribution >= 0.6 is 0 Å². The molecule has 200 valence electrons. The number of nitrogens with zero attached hydrogens (tertiary/aromatic N) is 1. The van der Waals surface area contributed by atoms with Gasteiger partial charge in [-0.3, -0.25) is 4.98 Å². The second-order valence-electron chi connectivity index (χ2n) is 7.65. The molecule has 0 saturated carbocycles. The molecule has 1 aromatic heterocycles. The van der Waals surface area contributed by atoms with Crippen LogP contribution in [-0.4, -0.2) is 10.1 Å². The predicted octanol–water partition coefficient (Wildman–Crippen LogP) is 10.0. The monoisotopic (exact) mass is 684 g/mol. The van der Waals surface area contributed by atoms with Gasteiger partial charge in [-0.1, -0.05) is 124 Å². The summed E-state index contributed by atoms with van der Waals surface area (Å²) in [6.07, 6.45) is 13.3. The first-order valence-corrected chi connectivity index (χ1v) is 12.5. The van der Waals surface area contributed by atoms with E-state index in [-0.39, 0.29) is 28.5 Å². The van der Waals surface area contributed by atoms with Gasteiger partial charge in [0.2, 0.25) is 0 Å². The molecule has 4 rings (SSSR count). The maximum absolute atomic E-state index is 9.56. The van der Waals surface area contributed by atoms with Gasteiger partial charge in [0.25, 0.3) is 0 Å². The normalized spacial score (nSPS) is 10.4. The van der Waals surface area contributed by atoms with Crippen LogP contribution in [0, 0.1) is 13.5 Å². The average molecular weight is 685 g/mol. The summed E-state index contributed by atoms with van der Waals surface area (Å²) in [6.45, 7) is 8.23. The number of rotatable bonds is 6. The van der Waals surface area contributed by atoms with E-state index >= 15 is 0 Å². The molecule has 0 aliphatic carbocycles. The smallest absolute Gasteiger partial charge is 0.507 e. The molecule has 0 fully saturated rings. The maximum Gasteiger partial charge on any atom is 2.00 e. The van der Waals surface area contributed by atoms with Crippen molar-refractivity contribution in [2.75, 3.05) is 0 Å². The zero-order valence-corrected chi connectivity index (χ0v) is 25.3. The molecule has 3 aromatic carbocycles. The fourth-order valence-electron chi connectivity index (χ4n) is 3.27. The Labute approximate surface area is 244 Å². The Morgan fingerprint density at radius 2 is 1.50 bits per heavy atom. The number of aromatic nitrogens is 1. The Bertz CT molecular complexity index is 1250. The summed E-state index contributed by atoms with van der Waals surface area (Å²) >= 11 is 0. The average Bonchev–Trinajstić information content (AvgIpc) is 2.95. The summed E-state index contributed by atoms with van der Waals surface area (Å²) in [5.74, 6) is 0.328. The molecule has 1 heterocycles. The fraction of sp³-hybridized carbons (Fsp3) is 0.143. The minimum atomic E-state index is 0. The van der Waals surface area contributed by atoms with Crippen LogP contribution in [-0.2, 0) is 21.1 Å². The van der Waals surface area contributed by atoms with E-state index in [9.17, 15) is 5.11 Å². The Morgan fingerprint density at radius 1 is 0.816 bits per heavy atom. The third-order valence-corrected chi connectivity index (χ3v) is 5.09. The molecule has 0 amide bonds. The molecule has 3 heteroatoms. The van der Waals surface area contributed by atoms with E-state index in [4.69, 9.17) is 0 Å². The zero-order chi connectivity index (χ0) is 26.0. The molecule has 0 spiro atoms. The second kappa shape index (κ2) is 20.6. The largest absolute Gasteiger partial charge is 2.00 e. The van der Waals surface area contributed by atoms with Gasteiger partial charge in [0, 0.05) is 17.5 Å². The standard InChI is InChI=1S/C20H20N.C12H10O.C2H6.CH3.Pt/c1-3-4-5-6-7-11-17(2)18-12-10-13-19(16-18)20-14-8-9-15-21-20;13-12-9-5-4-8-11(12)10-6-2-1-3-7-10;1-2;;/h4-15H,3H2,1-2H3;1-9,13H;1-2H3;1H3;/q-1;;;-1;+2/b5-4+,7-6-,17-11+;;;;.